The number of ether oxygens (including phenoxy) is 2. The number of pyridine rings is 1. The summed E-state index contributed by atoms with van der Waals surface area (Å²) in [6, 6.07) is 5.19. The zero-order valence-electron chi connectivity index (χ0n) is 16.6. The van der Waals surface area contributed by atoms with Crippen molar-refractivity contribution in [3.8, 4) is 22.6 Å². The van der Waals surface area contributed by atoms with Crippen molar-refractivity contribution < 1.29 is 18.4 Å². The molecule has 0 saturated heterocycles. The van der Waals surface area contributed by atoms with Gasteiger partial charge in [-0.2, -0.15) is 0 Å². The molecule has 0 radical (unpaired) electrons. The average molecular weight is 406 g/mol. The van der Waals surface area contributed by atoms with Gasteiger partial charge in [0.25, 0.3) is 0 Å². The molecule has 4 aromatic rings. The second kappa shape index (κ2) is 6.29. The van der Waals surface area contributed by atoms with Gasteiger partial charge in [0.2, 0.25) is 0 Å². The molecule has 6 rings (SSSR count). The maximum atomic E-state index is 14.7. The molecular formula is C22H19FN4O3. The maximum Gasteiger partial charge on any atom is 0.169 e. The molecule has 7 nitrogen and oxygen atoms in total. The predicted molar refractivity (Wildman–Crippen MR) is 105 cm³/mol. The molecule has 0 saturated carbocycles. The van der Waals surface area contributed by atoms with Crippen LogP contribution in [0.1, 0.15) is 34.2 Å². The second-order valence-electron chi connectivity index (χ2n) is 7.85. The van der Waals surface area contributed by atoms with E-state index < -0.39 is 0 Å². The van der Waals surface area contributed by atoms with E-state index in [0.29, 0.717) is 43.0 Å². The summed E-state index contributed by atoms with van der Waals surface area (Å²) in [4.78, 5) is 0. The lowest BCUT2D eigenvalue weighted by Crippen LogP contribution is -2.13. The first-order chi connectivity index (χ1) is 14.6. The Kier molecular flexibility index (Phi) is 3.65. The SMILES string of the molecule is Cc1noc(C)c1-c1cc2c(n3cnnc13)CCc1c(F)ccc3c1[C@H](CO3)CO2. The van der Waals surface area contributed by atoms with Crippen molar-refractivity contribution in [1.82, 2.24) is 19.8 Å². The smallest absolute Gasteiger partial charge is 0.169 e. The number of aromatic nitrogens is 4. The molecule has 0 N–H and O–H groups in total. The van der Waals surface area contributed by atoms with Crippen molar-refractivity contribution in [3.63, 3.8) is 0 Å². The summed E-state index contributed by atoms with van der Waals surface area (Å²) in [5.74, 6) is 2.01. The lowest BCUT2D eigenvalue weighted by atomic mass is 9.93. The van der Waals surface area contributed by atoms with Gasteiger partial charge in [0.05, 0.1) is 36.1 Å². The third kappa shape index (κ3) is 2.39. The molecule has 1 atom stereocenters. The van der Waals surface area contributed by atoms with Gasteiger partial charge in [-0.1, -0.05) is 5.16 Å². The Balaban J connectivity index is 1.54. The zero-order chi connectivity index (χ0) is 20.4. The van der Waals surface area contributed by atoms with E-state index in [-0.39, 0.29) is 11.7 Å². The molecule has 0 unspecified atom stereocenters. The molecule has 0 bridgehead atoms. The van der Waals surface area contributed by atoms with Crippen molar-refractivity contribution in [2.45, 2.75) is 32.6 Å². The summed E-state index contributed by atoms with van der Waals surface area (Å²) in [6.45, 7) is 4.68. The molecule has 2 aliphatic rings. The van der Waals surface area contributed by atoms with Gasteiger partial charge < -0.3 is 14.0 Å². The number of hydrogen-bond acceptors (Lipinski definition) is 6. The molecule has 1 aromatic carbocycles. The summed E-state index contributed by atoms with van der Waals surface area (Å²) >= 11 is 0. The van der Waals surface area contributed by atoms with Gasteiger partial charge in [0.1, 0.15) is 29.4 Å². The van der Waals surface area contributed by atoms with E-state index in [0.717, 1.165) is 39.6 Å². The first-order valence-corrected chi connectivity index (χ1v) is 9.97. The van der Waals surface area contributed by atoms with Crippen LogP contribution in [0.4, 0.5) is 4.39 Å². The van der Waals surface area contributed by atoms with Gasteiger partial charge in [0, 0.05) is 11.1 Å². The van der Waals surface area contributed by atoms with Gasteiger partial charge in [-0.15, -0.1) is 10.2 Å². The number of aryl methyl sites for hydroxylation is 3. The Labute approximate surface area is 171 Å². The molecule has 3 aromatic heterocycles. The topological polar surface area (TPSA) is 74.7 Å². The minimum Gasteiger partial charge on any atom is -0.493 e. The summed E-state index contributed by atoms with van der Waals surface area (Å²) in [5.41, 5.74) is 5.80. The van der Waals surface area contributed by atoms with E-state index in [1.165, 1.54) is 6.07 Å². The molecular weight excluding hydrogens is 387 g/mol. The van der Waals surface area contributed by atoms with E-state index in [1.807, 2.05) is 24.3 Å². The number of fused-ring (bicyclic) bond motifs is 3. The largest absolute Gasteiger partial charge is 0.493 e. The number of nitrogens with zero attached hydrogens (tertiary/aromatic N) is 4. The van der Waals surface area contributed by atoms with Crippen LogP contribution in [0.15, 0.2) is 29.0 Å². The van der Waals surface area contributed by atoms with E-state index in [1.54, 1.807) is 12.4 Å². The van der Waals surface area contributed by atoms with Crippen LogP contribution in [-0.2, 0) is 12.8 Å². The van der Waals surface area contributed by atoms with Crippen molar-refractivity contribution in [3.05, 3.63) is 58.6 Å². The number of hydrogen-bond donors (Lipinski definition) is 0. The monoisotopic (exact) mass is 406 g/mol. The highest BCUT2D eigenvalue weighted by Gasteiger charge is 2.32. The summed E-state index contributed by atoms with van der Waals surface area (Å²) in [7, 11) is 0. The predicted octanol–water partition coefficient (Wildman–Crippen LogP) is 3.79. The van der Waals surface area contributed by atoms with Gasteiger partial charge in [-0.25, -0.2) is 4.39 Å². The lowest BCUT2D eigenvalue weighted by Gasteiger charge is -2.16. The minimum absolute atomic E-state index is 0.00391. The Morgan fingerprint density at radius 3 is 2.73 bits per heavy atom. The highest BCUT2D eigenvalue weighted by molar-refractivity contribution is 5.81. The number of halogens is 1. The van der Waals surface area contributed by atoms with Crippen molar-refractivity contribution in [1.29, 1.82) is 0 Å². The van der Waals surface area contributed by atoms with Crippen LogP contribution in [0.2, 0.25) is 0 Å². The molecule has 2 aliphatic heterocycles. The minimum atomic E-state index is -0.194. The Bertz CT molecular complexity index is 1290. The van der Waals surface area contributed by atoms with Crippen LogP contribution in [0.5, 0.6) is 11.5 Å². The van der Waals surface area contributed by atoms with E-state index in [2.05, 4.69) is 15.4 Å². The first-order valence-electron chi connectivity index (χ1n) is 9.97. The molecule has 0 aliphatic carbocycles. The first kappa shape index (κ1) is 17.4. The molecule has 8 heteroatoms. The third-order valence-corrected chi connectivity index (χ3v) is 6.10. The fraction of sp³-hybridized carbons (Fsp3) is 0.318. The van der Waals surface area contributed by atoms with Crippen LogP contribution >= 0.6 is 0 Å². The van der Waals surface area contributed by atoms with Crippen molar-refractivity contribution in [2.24, 2.45) is 0 Å². The molecule has 5 heterocycles. The molecule has 0 spiro atoms. The van der Waals surface area contributed by atoms with Gasteiger partial charge >= 0.3 is 0 Å². The highest BCUT2D eigenvalue weighted by Crippen LogP contribution is 2.41. The molecule has 30 heavy (non-hydrogen) atoms. The summed E-state index contributed by atoms with van der Waals surface area (Å²) < 4.78 is 34.1. The summed E-state index contributed by atoms with van der Waals surface area (Å²) in [5, 5.41) is 12.6. The van der Waals surface area contributed by atoms with Crippen LogP contribution < -0.4 is 9.47 Å². The second-order valence-corrected chi connectivity index (χ2v) is 7.85. The fourth-order valence-electron chi connectivity index (χ4n) is 4.72. The molecule has 0 fully saturated rings. The number of rotatable bonds is 1. The Morgan fingerprint density at radius 2 is 1.93 bits per heavy atom. The molecule has 0 amide bonds. The molecule has 152 valence electrons. The van der Waals surface area contributed by atoms with Crippen molar-refractivity contribution in [2.75, 3.05) is 13.2 Å². The quantitative estimate of drug-likeness (QED) is 0.479. The average Bonchev–Trinajstić information content (AvgIpc) is 3.45. The normalized spacial score (nSPS) is 17.5. The van der Waals surface area contributed by atoms with Crippen LogP contribution in [0, 0.1) is 19.7 Å². The third-order valence-electron chi connectivity index (χ3n) is 6.10. The van der Waals surface area contributed by atoms with Gasteiger partial charge in [0.15, 0.2) is 5.65 Å². The standard InChI is InChI=1S/C22H19FN4O3/c1-11-20(12(2)30-26-11)15-7-19-17(27-10-24-25-22(15)27)5-3-14-16(23)4-6-18-21(14)13(8-28-18)9-29-19/h4,6-7,10,13H,3,5,8-9H2,1-2H3/t13-/m1/s1. The lowest BCUT2D eigenvalue weighted by molar-refractivity contribution is 0.246. The Morgan fingerprint density at radius 1 is 1.10 bits per heavy atom. The zero-order valence-corrected chi connectivity index (χ0v) is 16.6. The Hall–Kier alpha value is -3.42. The van der Waals surface area contributed by atoms with Crippen LogP contribution in [0.25, 0.3) is 16.8 Å². The highest BCUT2D eigenvalue weighted by atomic mass is 19.1. The van der Waals surface area contributed by atoms with E-state index >= 15 is 0 Å². The maximum absolute atomic E-state index is 14.7. The fourth-order valence-corrected chi connectivity index (χ4v) is 4.72. The van der Waals surface area contributed by atoms with Crippen LogP contribution in [0.3, 0.4) is 0 Å². The number of benzene rings is 1. The van der Waals surface area contributed by atoms with E-state index in [4.69, 9.17) is 14.0 Å². The van der Waals surface area contributed by atoms with Gasteiger partial charge in [-0.05, 0) is 50.5 Å². The van der Waals surface area contributed by atoms with Gasteiger partial charge in [-0.3, -0.25) is 4.40 Å². The van der Waals surface area contributed by atoms with E-state index in [9.17, 15) is 4.39 Å². The van der Waals surface area contributed by atoms with Crippen molar-refractivity contribution >= 4 is 5.65 Å². The van der Waals surface area contributed by atoms with Crippen LogP contribution in [-0.4, -0.2) is 33.0 Å². The summed E-state index contributed by atoms with van der Waals surface area (Å²) in [6.07, 6.45) is 2.81.